The minimum atomic E-state index is -0.453. The zero-order valence-corrected chi connectivity index (χ0v) is 13.6. The summed E-state index contributed by atoms with van der Waals surface area (Å²) in [4.78, 5) is 25.7. The fraction of sp³-hybridized carbons (Fsp3) is 0.333. The van der Waals surface area contributed by atoms with Gasteiger partial charge in [0, 0.05) is 6.92 Å². The number of rotatable bonds is 5. The Labute approximate surface area is 141 Å². The fourth-order valence-corrected chi connectivity index (χ4v) is 3.21. The number of hydrogen-bond donors (Lipinski definition) is 1. The van der Waals surface area contributed by atoms with Gasteiger partial charge in [-0.25, -0.2) is 4.98 Å². The van der Waals surface area contributed by atoms with Crippen LogP contribution < -0.4 is 5.32 Å². The van der Waals surface area contributed by atoms with E-state index in [1.165, 1.54) is 24.5 Å². The second-order valence-electron chi connectivity index (χ2n) is 5.22. The molecule has 8 nitrogen and oxygen atoms in total. The van der Waals surface area contributed by atoms with Crippen LogP contribution in [0.2, 0.25) is 0 Å². The van der Waals surface area contributed by atoms with Gasteiger partial charge in [0.1, 0.15) is 24.6 Å². The van der Waals surface area contributed by atoms with Gasteiger partial charge in [-0.1, -0.05) is 12.2 Å². The molecule has 0 amide bonds. The van der Waals surface area contributed by atoms with Crippen molar-refractivity contribution in [2.75, 3.05) is 18.5 Å². The molecule has 1 aliphatic rings. The van der Waals surface area contributed by atoms with E-state index in [0.29, 0.717) is 17.8 Å². The Kier molecular flexibility index (Phi) is 4.72. The SMILES string of the molecule is CC(=O)OCC1C=C[C@H](Nc2c([N+](=O)[O-])cnc3ccsc23)CO1. The maximum absolute atomic E-state index is 11.3. The first-order valence-electron chi connectivity index (χ1n) is 7.25. The molecule has 0 radical (unpaired) electrons. The number of ether oxygens (including phenoxy) is 2. The summed E-state index contributed by atoms with van der Waals surface area (Å²) < 4.78 is 11.2. The second kappa shape index (κ2) is 6.93. The number of nitrogens with zero attached hydrogens (tertiary/aromatic N) is 2. The highest BCUT2D eigenvalue weighted by molar-refractivity contribution is 7.17. The van der Waals surface area contributed by atoms with Gasteiger partial charge < -0.3 is 14.8 Å². The van der Waals surface area contributed by atoms with Crippen molar-refractivity contribution in [3.63, 3.8) is 0 Å². The van der Waals surface area contributed by atoms with E-state index in [-0.39, 0.29) is 30.4 Å². The number of carbonyl (C=O) groups is 1. The number of aromatic nitrogens is 1. The van der Waals surface area contributed by atoms with Gasteiger partial charge in [0.15, 0.2) is 0 Å². The van der Waals surface area contributed by atoms with Crippen LogP contribution in [0.5, 0.6) is 0 Å². The monoisotopic (exact) mass is 349 g/mol. The molecule has 1 aliphatic heterocycles. The Morgan fingerprint density at radius 2 is 2.42 bits per heavy atom. The molecular weight excluding hydrogens is 334 g/mol. The number of hydrogen-bond acceptors (Lipinski definition) is 8. The molecule has 0 spiro atoms. The molecule has 9 heteroatoms. The third kappa shape index (κ3) is 3.52. The Bertz CT molecular complexity index is 804. The van der Waals surface area contributed by atoms with Crippen LogP contribution in [-0.2, 0) is 14.3 Å². The van der Waals surface area contributed by atoms with E-state index in [0.717, 1.165) is 4.70 Å². The number of pyridine rings is 1. The normalized spacial score (nSPS) is 20.0. The first-order chi connectivity index (χ1) is 11.5. The van der Waals surface area contributed by atoms with Crippen molar-refractivity contribution in [3.8, 4) is 0 Å². The van der Waals surface area contributed by atoms with Gasteiger partial charge in [-0.2, -0.15) is 0 Å². The summed E-state index contributed by atoms with van der Waals surface area (Å²) in [6, 6.07) is 1.60. The molecule has 2 aromatic rings. The van der Waals surface area contributed by atoms with Gasteiger partial charge in [-0.05, 0) is 11.4 Å². The molecule has 1 N–H and O–H groups in total. The molecule has 2 aromatic heterocycles. The average molecular weight is 349 g/mol. The van der Waals surface area contributed by atoms with Gasteiger partial charge in [0.2, 0.25) is 0 Å². The van der Waals surface area contributed by atoms with Crippen molar-refractivity contribution in [1.29, 1.82) is 0 Å². The first-order valence-corrected chi connectivity index (χ1v) is 8.13. The summed E-state index contributed by atoms with van der Waals surface area (Å²) in [5.74, 6) is -0.361. The molecule has 0 saturated heterocycles. The molecular formula is C15H15N3O5S. The third-order valence-electron chi connectivity index (χ3n) is 3.48. The summed E-state index contributed by atoms with van der Waals surface area (Å²) in [7, 11) is 0. The molecule has 0 aromatic carbocycles. The summed E-state index contributed by atoms with van der Waals surface area (Å²) in [6.07, 6.45) is 4.60. The molecule has 2 atom stereocenters. The van der Waals surface area contributed by atoms with Crippen LogP contribution in [0.4, 0.5) is 11.4 Å². The predicted molar refractivity (Wildman–Crippen MR) is 89.2 cm³/mol. The molecule has 0 bridgehead atoms. The lowest BCUT2D eigenvalue weighted by Gasteiger charge is -2.24. The van der Waals surface area contributed by atoms with Gasteiger partial charge >= 0.3 is 11.7 Å². The summed E-state index contributed by atoms with van der Waals surface area (Å²) in [6.45, 7) is 1.81. The lowest BCUT2D eigenvalue weighted by molar-refractivity contribution is -0.384. The van der Waals surface area contributed by atoms with E-state index < -0.39 is 4.92 Å². The number of fused-ring (bicyclic) bond motifs is 1. The standard InChI is InChI=1S/C15H15N3O5S/c1-9(19)22-8-11-3-2-10(7-23-11)17-14-13(18(20)21)6-16-12-4-5-24-15(12)14/h2-6,10-11H,7-8H2,1H3,(H,16,17)/t10-,11?/m0/s1. The lowest BCUT2D eigenvalue weighted by Crippen LogP contribution is -2.33. The first kappa shape index (κ1) is 16.3. The van der Waals surface area contributed by atoms with Crippen LogP contribution >= 0.6 is 11.3 Å². The van der Waals surface area contributed by atoms with Crippen LogP contribution in [-0.4, -0.2) is 41.2 Å². The fourth-order valence-electron chi connectivity index (χ4n) is 2.36. The number of esters is 1. The van der Waals surface area contributed by atoms with E-state index in [1.807, 2.05) is 17.5 Å². The van der Waals surface area contributed by atoms with Crippen LogP contribution in [0.1, 0.15) is 6.92 Å². The van der Waals surface area contributed by atoms with E-state index in [1.54, 1.807) is 6.08 Å². The largest absolute Gasteiger partial charge is 0.463 e. The minimum Gasteiger partial charge on any atom is -0.463 e. The molecule has 24 heavy (non-hydrogen) atoms. The van der Waals surface area contributed by atoms with Crippen molar-refractivity contribution in [2.45, 2.75) is 19.1 Å². The van der Waals surface area contributed by atoms with E-state index in [2.05, 4.69) is 10.3 Å². The Balaban J connectivity index is 1.77. The molecule has 3 rings (SSSR count). The van der Waals surface area contributed by atoms with Crippen molar-refractivity contribution >= 4 is 38.9 Å². The maximum Gasteiger partial charge on any atom is 0.311 e. The number of thiophene rings is 1. The van der Waals surface area contributed by atoms with Gasteiger partial charge in [0.25, 0.3) is 0 Å². The van der Waals surface area contributed by atoms with E-state index in [4.69, 9.17) is 9.47 Å². The molecule has 0 aliphatic carbocycles. The van der Waals surface area contributed by atoms with Crippen LogP contribution in [0.15, 0.2) is 29.8 Å². The van der Waals surface area contributed by atoms with Crippen LogP contribution in [0.25, 0.3) is 10.2 Å². The number of anilines is 1. The highest BCUT2D eigenvalue weighted by Crippen LogP contribution is 2.35. The quantitative estimate of drug-likeness (QED) is 0.383. The molecule has 0 saturated carbocycles. The van der Waals surface area contributed by atoms with Crippen molar-refractivity contribution in [1.82, 2.24) is 4.98 Å². The van der Waals surface area contributed by atoms with Crippen LogP contribution in [0, 0.1) is 10.1 Å². The molecule has 126 valence electrons. The highest BCUT2D eigenvalue weighted by Gasteiger charge is 2.23. The van der Waals surface area contributed by atoms with E-state index >= 15 is 0 Å². The zero-order valence-electron chi connectivity index (χ0n) is 12.8. The van der Waals surface area contributed by atoms with Gasteiger partial charge in [-0.3, -0.25) is 14.9 Å². The number of nitrogens with one attached hydrogen (secondary N) is 1. The second-order valence-corrected chi connectivity index (χ2v) is 6.14. The third-order valence-corrected chi connectivity index (χ3v) is 4.40. The van der Waals surface area contributed by atoms with Crippen molar-refractivity contribution in [3.05, 3.63) is 39.9 Å². The highest BCUT2D eigenvalue weighted by atomic mass is 32.1. The van der Waals surface area contributed by atoms with Crippen LogP contribution in [0.3, 0.4) is 0 Å². The van der Waals surface area contributed by atoms with Crippen molar-refractivity contribution in [2.24, 2.45) is 0 Å². The Morgan fingerprint density at radius 3 is 3.08 bits per heavy atom. The predicted octanol–water partition coefficient (Wildman–Crippen LogP) is 2.50. The average Bonchev–Trinajstić information content (AvgIpc) is 3.03. The van der Waals surface area contributed by atoms with Gasteiger partial charge in [0.05, 0.1) is 27.8 Å². The Hall–Kier alpha value is -2.52. The smallest absolute Gasteiger partial charge is 0.311 e. The van der Waals surface area contributed by atoms with Crippen molar-refractivity contribution < 1.29 is 19.2 Å². The molecule has 1 unspecified atom stereocenters. The van der Waals surface area contributed by atoms with E-state index in [9.17, 15) is 14.9 Å². The topological polar surface area (TPSA) is 104 Å². The lowest BCUT2D eigenvalue weighted by atomic mass is 10.1. The minimum absolute atomic E-state index is 0.0691. The number of carbonyl (C=O) groups excluding carboxylic acids is 1. The zero-order chi connectivity index (χ0) is 17.1. The maximum atomic E-state index is 11.3. The summed E-state index contributed by atoms with van der Waals surface area (Å²) in [5, 5.41) is 16.3. The molecule has 3 heterocycles. The summed E-state index contributed by atoms with van der Waals surface area (Å²) >= 11 is 1.39. The summed E-state index contributed by atoms with van der Waals surface area (Å²) in [5.41, 5.74) is 1.08. The Morgan fingerprint density at radius 1 is 1.58 bits per heavy atom. The van der Waals surface area contributed by atoms with Gasteiger partial charge in [-0.15, -0.1) is 11.3 Å². The number of nitro groups is 1. The molecule has 0 fully saturated rings.